The average molecular weight is 663 g/mol. The number of ether oxygens (including phenoxy) is 3. The Labute approximate surface area is 282 Å². The van der Waals surface area contributed by atoms with Crippen LogP contribution in [0.1, 0.15) is 29.4 Å². The van der Waals surface area contributed by atoms with Gasteiger partial charge in [-0.3, -0.25) is 14.2 Å². The molecule has 0 unspecified atom stereocenters. The monoisotopic (exact) mass is 662 g/mol. The van der Waals surface area contributed by atoms with E-state index in [-0.39, 0.29) is 36.8 Å². The first-order chi connectivity index (χ1) is 23.5. The molecule has 2 amide bonds. The minimum Gasteiger partial charge on any atom is -0.497 e. The zero-order valence-electron chi connectivity index (χ0n) is 26.5. The van der Waals surface area contributed by atoms with Crippen LogP contribution in [0.15, 0.2) is 119 Å². The second-order valence-electron chi connectivity index (χ2n) is 10.7. The smallest absolute Gasteiger partial charge is 0.258 e. The van der Waals surface area contributed by atoms with E-state index in [1.165, 1.54) is 11.8 Å². The van der Waals surface area contributed by atoms with Gasteiger partial charge in [-0.15, -0.1) is 10.2 Å². The first-order valence-electron chi connectivity index (χ1n) is 15.3. The Morgan fingerprint density at radius 2 is 1.46 bits per heavy atom. The standard InChI is InChI=1S/C36H34N6O5S/c1-45-28-17-13-25(14-18-28)31-21-32(26-15-19-29(46-2)20-16-26)42(40-31)35(44)24-48-36-39-38-33(41(36)27-9-5-3-6-10-27)22-37-34(43)23-47-30-11-7-4-8-12-30/h3-20,32H,21-24H2,1-2H3,(H,37,43)/t32-/m0/s1. The third-order valence-electron chi connectivity index (χ3n) is 7.69. The molecule has 1 aliphatic heterocycles. The summed E-state index contributed by atoms with van der Waals surface area (Å²) in [6.45, 7) is -0.0155. The van der Waals surface area contributed by atoms with Gasteiger partial charge in [0.1, 0.15) is 17.2 Å². The maximum atomic E-state index is 13.9. The van der Waals surface area contributed by atoms with Crippen molar-refractivity contribution >= 4 is 29.3 Å². The van der Waals surface area contributed by atoms with Gasteiger partial charge in [0.15, 0.2) is 17.6 Å². The normalized spacial score (nSPS) is 13.9. The lowest BCUT2D eigenvalue weighted by molar-refractivity contribution is -0.130. The number of para-hydroxylation sites is 2. The van der Waals surface area contributed by atoms with Gasteiger partial charge in [-0.05, 0) is 71.8 Å². The van der Waals surface area contributed by atoms with E-state index in [0.29, 0.717) is 23.2 Å². The Hall–Kier alpha value is -5.62. The molecule has 12 heteroatoms. The molecule has 0 bridgehead atoms. The minimum atomic E-state index is -0.296. The summed E-state index contributed by atoms with van der Waals surface area (Å²) in [4.78, 5) is 26.5. The molecule has 2 heterocycles. The highest BCUT2D eigenvalue weighted by Gasteiger charge is 2.33. The number of thioether (sulfide) groups is 1. The van der Waals surface area contributed by atoms with Crippen molar-refractivity contribution in [3.05, 3.63) is 126 Å². The molecule has 1 aliphatic rings. The lowest BCUT2D eigenvalue weighted by Gasteiger charge is -2.22. The molecule has 0 saturated carbocycles. The van der Waals surface area contributed by atoms with Crippen molar-refractivity contribution in [2.45, 2.75) is 24.2 Å². The van der Waals surface area contributed by atoms with E-state index in [0.717, 1.165) is 34.0 Å². The fraction of sp³-hybridized carbons (Fsp3) is 0.194. The van der Waals surface area contributed by atoms with Crippen molar-refractivity contribution in [2.75, 3.05) is 26.6 Å². The van der Waals surface area contributed by atoms with Crippen LogP contribution in [0.3, 0.4) is 0 Å². The number of nitrogens with zero attached hydrogens (tertiary/aromatic N) is 5. The molecule has 0 saturated heterocycles. The molecule has 244 valence electrons. The summed E-state index contributed by atoms with van der Waals surface area (Å²) in [5.41, 5.74) is 3.47. The van der Waals surface area contributed by atoms with Gasteiger partial charge < -0.3 is 19.5 Å². The number of hydrogen-bond donors (Lipinski definition) is 1. The summed E-state index contributed by atoms with van der Waals surface area (Å²) in [5.74, 6) is 2.19. The Morgan fingerprint density at radius 1 is 0.812 bits per heavy atom. The number of amides is 2. The first kappa shape index (κ1) is 32.3. The minimum absolute atomic E-state index is 0.0638. The quantitative estimate of drug-likeness (QED) is 0.165. The van der Waals surface area contributed by atoms with Crippen molar-refractivity contribution in [1.82, 2.24) is 25.1 Å². The molecule has 4 aromatic carbocycles. The highest BCUT2D eigenvalue weighted by molar-refractivity contribution is 7.99. The number of benzene rings is 4. The van der Waals surface area contributed by atoms with Crippen LogP contribution in [-0.4, -0.2) is 63.9 Å². The Kier molecular flexibility index (Phi) is 10.3. The highest BCUT2D eigenvalue weighted by atomic mass is 32.2. The van der Waals surface area contributed by atoms with E-state index in [4.69, 9.17) is 19.3 Å². The van der Waals surface area contributed by atoms with E-state index in [2.05, 4.69) is 15.5 Å². The lowest BCUT2D eigenvalue weighted by atomic mass is 9.98. The van der Waals surface area contributed by atoms with Gasteiger partial charge >= 0.3 is 0 Å². The Bertz CT molecular complexity index is 1870. The zero-order chi connectivity index (χ0) is 33.3. The number of methoxy groups -OCH3 is 2. The van der Waals surface area contributed by atoms with E-state index in [1.54, 1.807) is 31.4 Å². The molecule has 1 N–H and O–H groups in total. The second kappa shape index (κ2) is 15.3. The van der Waals surface area contributed by atoms with Crippen LogP contribution >= 0.6 is 11.8 Å². The van der Waals surface area contributed by atoms with Crippen LogP contribution in [-0.2, 0) is 16.1 Å². The summed E-state index contributed by atoms with van der Waals surface area (Å²) in [6.07, 6.45) is 0.549. The molecule has 0 spiro atoms. The van der Waals surface area contributed by atoms with Crippen LogP contribution < -0.4 is 19.5 Å². The molecule has 11 nitrogen and oxygen atoms in total. The van der Waals surface area contributed by atoms with E-state index >= 15 is 0 Å². The Morgan fingerprint density at radius 3 is 2.12 bits per heavy atom. The summed E-state index contributed by atoms with van der Waals surface area (Å²) < 4.78 is 18.1. The third-order valence-corrected chi connectivity index (χ3v) is 8.60. The number of carbonyl (C=O) groups is 2. The largest absolute Gasteiger partial charge is 0.497 e. The summed E-state index contributed by atoms with van der Waals surface area (Å²) in [5, 5.41) is 18.5. The van der Waals surface area contributed by atoms with Crippen molar-refractivity contribution in [1.29, 1.82) is 0 Å². The average Bonchev–Trinajstić information content (AvgIpc) is 3.78. The van der Waals surface area contributed by atoms with Crippen molar-refractivity contribution in [3.63, 3.8) is 0 Å². The predicted molar refractivity (Wildman–Crippen MR) is 183 cm³/mol. The lowest BCUT2D eigenvalue weighted by Crippen LogP contribution is -2.29. The van der Waals surface area contributed by atoms with Gasteiger partial charge in [0.05, 0.1) is 38.3 Å². The van der Waals surface area contributed by atoms with Gasteiger partial charge in [-0.2, -0.15) is 5.10 Å². The highest BCUT2D eigenvalue weighted by Crippen LogP contribution is 2.35. The van der Waals surface area contributed by atoms with Crippen molar-refractivity contribution < 1.29 is 23.8 Å². The topological polar surface area (TPSA) is 120 Å². The fourth-order valence-corrected chi connectivity index (χ4v) is 6.04. The van der Waals surface area contributed by atoms with Crippen LogP contribution in [0.4, 0.5) is 0 Å². The van der Waals surface area contributed by atoms with Crippen LogP contribution in [0, 0.1) is 0 Å². The molecule has 0 aliphatic carbocycles. The van der Waals surface area contributed by atoms with Gasteiger partial charge in [-0.1, -0.05) is 60.3 Å². The Balaban J connectivity index is 1.19. The van der Waals surface area contributed by atoms with Crippen LogP contribution in [0.25, 0.3) is 5.69 Å². The third kappa shape index (κ3) is 7.67. The summed E-state index contributed by atoms with van der Waals surface area (Å²) >= 11 is 1.26. The van der Waals surface area contributed by atoms with Crippen LogP contribution in [0.2, 0.25) is 0 Å². The molecule has 1 atom stereocenters. The van der Waals surface area contributed by atoms with E-state index in [1.807, 2.05) is 102 Å². The maximum absolute atomic E-state index is 13.9. The molecule has 0 radical (unpaired) electrons. The first-order valence-corrected chi connectivity index (χ1v) is 16.3. The molecule has 6 rings (SSSR count). The van der Waals surface area contributed by atoms with Crippen LogP contribution in [0.5, 0.6) is 17.2 Å². The summed E-state index contributed by atoms with van der Waals surface area (Å²) in [7, 11) is 3.25. The number of rotatable bonds is 13. The number of hydrazone groups is 1. The molecule has 48 heavy (non-hydrogen) atoms. The van der Waals surface area contributed by atoms with Gasteiger partial charge in [0.25, 0.3) is 11.8 Å². The predicted octanol–water partition coefficient (Wildman–Crippen LogP) is 5.45. The van der Waals surface area contributed by atoms with Crippen molar-refractivity contribution in [3.8, 4) is 22.9 Å². The zero-order valence-corrected chi connectivity index (χ0v) is 27.3. The second-order valence-corrected chi connectivity index (χ2v) is 11.7. The SMILES string of the molecule is COc1ccc(C2=NN(C(=O)CSc3nnc(CNC(=O)COc4ccccc4)n3-c3ccccc3)[C@H](c3ccc(OC)cc3)C2)cc1. The van der Waals surface area contributed by atoms with Gasteiger partial charge in [0, 0.05) is 12.1 Å². The van der Waals surface area contributed by atoms with Gasteiger partial charge in [-0.25, -0.2) is 5.01 Å². The number of carbonyl (C=O) groups excluding carboxylic acids is 2. The molecule has 1 aromatic heterocycles. The number of aromatic nitrogens is 3. The summed E-state index contributed by atoms with van der Waals surface area (Å²) in [6, 6.07) is 33.8. The van der Waals surface area contributed by atoms with Crippen molar-refractivity contribution in [2.24, 2.45) is 5.10 Å². The number of nitrogens with one attached hydrogen (secondary N) is 1. The van der Waals surface area contributed by atoms with Gasteiger partial charge in [0.2, 0.25) is 0 Å². The van der Waals surface area contributed by atoms with E-state index in [9.17, 15) is 9.59 Å². The number of hydrogen-bond acceptors (Lipinski definition) is 9. The van der Waals surface area contributed by atoms with E-state index < -0.39 is 0 Å². The fourth-order valence-electron chi connectivity index (χ4n) is 5.22. The molecule has 0 fully saturated rings. The molecular weight excluding hydrogens is 629 g/mol. The molecular formula is C36H34N6O5S. The maximum Gasteiger partial charge on any atom is 0.258 e. The molecule has 5 aromatic rings.